The van der Waals surface area contributed by atoms with E-state index in [9.17, 15) is 4.79 Å². The van der Waals surface area contributed by atoms with Crippen LogP contribution in [0, 0.1) is 0 Å². The van der Waals surface area contributed by atoms with Gasteiger partial charge >= 0.3 is 0 Å². The number of thioether (sulfide) groups is 1. The van der Waals surface area contributed by atoms with E-state index >= 15 is 0 Å². The molecule has 0 saturated heterocycles. The lowest BCUT2D eigenvalue weighted by molar-refractivity contribution is -0.107. The molecule has 2 heteroatoms. The zero-order valence-electron chi connectivity index (χ0n) is 8.01. The van der Waals surface area contributed by atoms with Crippen molar-refractivity contribution in [3.63, 3.8) is 0 Å². The molecule has 0 aromatic rings. The van der Waals surface area contributed by atoms with Gasteiger partial charge in [-0.15, -0.1) is 0 Å². The average Bonchev–Trinajstić information content (AvgIpc) is 2.05. The van der Waals surface area contributed by atoms with Crippen LogP contribution in [-0.2, 0) is 4.79 Å². The molecule has 1 nitrogen and oxygen atoms in total. The van der Waals surface area contributed by atoms with Crippen molar-refractivity contribution in [3.05, 3.63) is 12.2 Å². The van der Waals surface area contributed by atoms with Crippen LogP contribution in [0.2, 0.25) is 0 Å². The zero-order chi connectivity index (χ0) is 9.23. The van der Waals surface area contributed by atoms with E-state index in [2.05, 4.69) is 6.92 Å². The Kier molecular flexibility index (Phi) is 8.68. The second kappa shape index (κ2) is 8.85. The lowest BCUT2D eigenvalue weighted by atomic mass is 10.2. The molecule has 0 bridgehead atoms. The maximum atomic E-state index is 11.0. The van der Waals surface area contributed by atoms with E-state index in [4.69, 9.17) is 0 Å². The van der Waals surface area contributed by atoms with Crippen LogP contribution >= 0.6 is 11.8 Å². The minimum absolute atomic E-state index is 0.189. The van der Waals surface area contributed by atoms with Gasteiger partial charge in [0.15, 0.2) is 0 Å². The van der Waals surface area contributed by atoms with E-state index in [0.29, 0.717) is 0 Å². The number of unbranched alkanes of at least 4 members (excludes halogenated alkanes) is 3. The Bertz CT molecular complexity index is 141. The third-order valence-electron chi connectivity index (χ3n) is 1.51. The summed E-state index contributed by atoms with van der Waals surface area (Å²) in [7, 11) is 0. The average molecular weight is 186 g/mol. The van der Waals surface area contributed by atoms with E-state index in [1.54, 1.807) is 6.08 Å². The maximum absolute atomic E-state index is 11.0. The fraction of sp³-hybridized carbons (Fsp3) is 0.700. The number of rotatable bonds is 6. The molecule has 0 aliphatic rings. The second-order valence-electron chi connectivity index (χ2n) is 2.65. The van der Waals surface area contributed by atoms with Crippen LogP contribution < -0.4 is 0 Å². The summed E-state index contributed by atoms with van der Waals surface area (Å²) in [5.74, 6) is 0.873. The van der Waals surface area contributed by atoms with Gasteiger partial charge in [0.05, 0.1) is 0 Å². The predicted octanol–water partition coefficient (Wildman–Crippen LogP) is 3.40. The van der Waals surface area contributed by atoms with Gasteiger partial charge in [0, 0.05) is 0 Å². The summed E-state index contributed by atoms with van der Waals surface area (Å²) in [6.07, 6.45) is 8.44. The van der Waals surface area contributed by atoms with Crippen molar-refractivity contribution >= 4 is 16.9 Å². The summed E-state index contributed by atoms with van der Waals surface area (Å²) in [6.45, 7) is 4.18. The van der Waals surface area contributed by atoms with Crippen LogP contribution in [0.25, 0.3) is 0 Å². The molecule has 0 aliphatic carbocycles. The molecule has 0 spiro atoms. The molecule has 0 heterocycles. The van der Waals surface area contributed by atoms with Gasteiger partial charge in [-0.1, -0.05) is 44.5 Å². The highest BCUT2D eigenvalue weighted by molar-refractivity contribution is 8.14. The summed E-state index contributed by atoms with van der Waals surface area (Å²) in [5.41, 5.74) is 0. The monoisotopic (exact) mass is 186 g/mol. The van der Waals surface area contributed by atoms with Crippen molar-refractivity contribution in [2.24, 2.45) is 0 Å². The van der Waals surface area contributed by atoms with Crippen molar-refractivity contribution in [1.29, 1.82) is 0 Å². The number of allylic oxidation sites excluding steroid dienone is 1. The first-order chi connectivity index (χ1) is 5.81. The Hall–Kier alpha value is -0.240. The summed E-state index contributed by atoms with van der Waals surface area (Å²) in [4.78, 5) is 11.0. The van der Waals surface area contributed by atoms with Crippen molar-refractivity contribution in [2.75, 3.05) is 5.75 Å². The Morgan fingerprint density at radius 1 is 1.33 bits per heavy atom. The summed E-state index contributed by atoms with van der Waals surface area (Å²) >= 11 is 1.37. The van der Waals surface area contributed by atoms with Crippen molar-refractivity contribution in [2.45, 2.75) is 39.5 Å². The number of carbonyl (C=O) groups is 1. The molecule has 0 saturated carbocycles. The molecule has 0 aromatic carbocycles. The predicted molar refractivity (Wildman–Crippen MR) is 56.4 cm³/mol. The molecule has 0 radical (unpaired) electrons. The fourth-order valence-electron chi connectivity index (χ4n) is 0.882. The third-order valence-corrected chi connectivity index (χ3v) is 2.22. The SMILES string of the molecule is CCCCC/C=C/C(=O)SCC. The van der Waals surface area contributed by atoms with Crippen molar-refractivity contribution in [3.8, 4) is 0 Å². The molecule has 0 aliphatic heterocycles. The van der Waals surface area contributed by atoms with E-state index in [0.717, 1.165) is 12.2 Å². The van der Waals surface area contributed by atoms with Gasteiger partial charge in [-0.25, -0.2) is 0 Å². The zero-order valence-corrected chi connectivity index (χ0v) is 8.82. The molecule has 0 rings (SSSR count). The Balaban J connectivity index is 3.29. The lowest BCUT2D eigenvalue weighted by Gasteiger charge is -1.91. The minimum Gasteiger partial charge on any atom is -0.282 e. The molecule has 0 aromatic heterocycles. The lowest BCUT2D eigenvalue weighted by Crippen LogP contribution is -1.84. The first-order valence-electron chi connectivity index (χ1n) is 4.64. The number of hydrogen-bond donors (Lipinski definition) is 0. The molecule has 70 valence electrons. The summed E-state index contributed by atoms with van der Waals surface area (Å²) in [6, 6.07) is 0. The second-order valence-corrected chi connectivity index (χ2v) is 3.92. The van der Waals surface area contributed by atoms with E-state index in [-0.39, 0.29) is 5.12 Å². The van der Waals surface area contributed by atoms with Gasteiger partial charge in [-0.05, 0) is 24.7 Å². The molecular formula is C10H18OS. The standard InChI is InChI=1S/C10H18OS/c1-3-5-6-7-8-9-10(11)12-4-2/h8-9H,3-7H2,1-2H3/b9-8+. The number of hydrogen-bond acceptors (Lipinski definition) is 2. The normalized spacial score (nSPS) is 10.8. The van der Waals surface area contributed by atoms with Crippen molar-refractivity contribution < 1.29 is 4.79 Å². The van der Waals surface area contributed by atoms with Crippen molar-refractivity contribution in [1.82, 2.24) is 0 Å². The Labute approximate surface area is 79.6 Å². The molecule has 0 atom stereocenters. The smallest absolute Gasteiger partial charge is 0.211 e. The van der Waals surface area contributed by atoms with Crippen LogP contribution in [0.5, 0.6) is 0 Å². The largest absolute Gasteiger partial charge is 0.282 e. The Morgan fingerprint density at radius 3 is 2.67 bits per heavy atom. The van der Waals surface area contributed by atoms with E-state index in [1.165, 1.54) is 31.0 Å². The third kappa shape index (κ3) is 7.86. The highest BCUT2D eigenvalue weighted by Gasteiger charge is 1.91. The van der Waals surface area contributed by atoms with E-state index in [1.807, 2.05) is 13.0 Å². The van der Waals surface area contributed by atoms with E-state index < -0.39 is 0 Å². The van der Waals surface area contributed by atoms with Crippen LogP contribution in [0.3, 0.4) is 0 Å². The molecule has 0 amide bonds. The Morgan fingerprint density at radius 2 is 2.08 bits per heavy atom. The topological polar surface area (TPSA) is 17.1 Å². The van der Waals surface area contributed by atoms with Crippen LogP contribution in [0.4, 0.5) is 0 Å². The molecule has 0 N–H and O–H groups in total. The molecule has 12 heavy (non-hydrogen) atoms. The quantitative estimate of drug-likeness (QED) is 0.467. The van der Waals surface area contributed by atoms with Gasteiger partial charge in [0.1, 0.15) is 0 Å². The first-order valence-corrected chi connectivity index (χ1v) is 5.63. The van der Waals surface area contributed by atoms with Crippen LogP contribution in [0.1, 0.15) is 39.5 Å². The first kappa shape index (κ1) is 11.8. The highest BCUT2D eigenvalue weighted by atomic mass is 32.2. The van der Waals surface area contributed by atoms with Gasteiger partial charge in [-0.2, -0.15) is 0 Å². The van der Waals surface area contributed by atoms with Gasteiger partial charge in [0.25, 0.3) is 0 Å². The molecular weight excluding hydrogens is 168 g/mol. The van der Waals surface area contributed by atoms with Crippen LogP contribution in [-0.4, -0.2) is 10.9 Å². The number of carbonyl (C=O) groups excluding carboxylic acids is 1. The minimum atomic E-state index is 0.189. The highest BCUT2D eigenvalue weighted by Crippen LogP contribution is 2.04. The maximum Gasteiger partial charge on any atom is 0.211 e. The molecule has 0 fully saturated rings. The molecule has 0 unspecified atom stereocenters. The summed E-state index contributed by atoms with van der Waals surface area (Å²) < 4.78 is 0. The van der Waals surface area contributed by atoms with Crippen LogP contribution in [0.15, 0.2) is 12.2 Å². The van der Waals surface area contributed by atoms with Gasteiger partial charge in [0.2, 0.25) is 5.12 Å². The fourth-order valence-corrected chi connectivity index (χ4v) is 1.36. The van der Waals surface area contributed by atoms with Gasteiger partial charge in [-0.3, -0.25) is 4.79 Å². The van der Waals surface area contributed by atoms with Gasteiger partial charge < -0.3 is 0 Å². The summed E-state index contributed by atoms with van der Waals surface area (Å²) in [5, 5.41) is 0.189.